The second-order valence-electron chi connectivity index (χ2n) is 3.54. The molecular weight excluding hydrogens is 336 g/mol. The third-order valence-electron chi connectivity index (χ3n) is 2.30. The predicted molar refractivity (Wildman–Crippen MR) is 73.7 cm³/mol. The molecule has 0 aliphatic heterocycles. The van der Waals surface area contributed by atoms with Crippen LogP contribution in [-0.4, -0.2) is 22.2 Å². The Bertz CT molecular complexity index is 595. The van der Waals surface area contributed by atoms with Crippen molar-refractivity contribution in [3.63, 3.8) is 0 Å². The second kappa shape index (κ2) is 6.18. The lowest BCUT2D eigenvalue weighted by atomic mass is 10.2. The molecular formula is C12H10BrClN2O3. The van der Waals surface area contributed by atoms with Gasteiger partial charge < -0.3 is 14.6 Å². The smallest absolute Gasteiger partial charge is 0.238 e. The van der Waals surface area contributed by atoms with Crippen LogP contribution < -0.4 is 9.47 Å². The maximum atomic E-state index is 9.08. The van der Waals surface area contributed by atoms with Crippen molar-refractivity contribution in [2.45, 2.75) is 6.61 Å². The number of hydrogen-bond acceptors (Lipinski definition) is 5. The minimum absolute atomic E-state index is 0.0698. The Hall–Kier alpha value is -1.37. The number of methoxy groups -OCH3 is 1. The van der Waals surface area contributed by atoms with Crippen molar-refractivity contribution in [3.05, 3.63) is 39.7 Å². The van der Waals surface area contributed by atoms with E-state index < -0.39 is 0 Å². The molecule has 0 aliphatic rings. The maximum absolute atomic E-state index is 9.08. The first-order chi connectivity index (χ1) is 9.13. The van der Waals surface area contributed by atoms with Gasteiger partial charge in [-0.05, 0) is 45.2 Å². The molecule has 100 valence electrons. The number of nitrogens with zero attached hydrogens (tertiary/aromatic N) is 2. The van der Waals surface area contributed by atoms with Crippen LogP contribution in [0, 0.1) is 0 Å². The molecule has 0 unspecified atom stereocenters. The topological polar surface area (TPSA) is 64.5 Å². The van der Waals surface area contributed by atoms with E-state index in [1.54, 1.807) is 18.2 Å². The van der Waals surface area contributed by atoms with Crippen LogP contribution in [-0.2, 0) is 6.61 Å². The Kier molecular flexibility index (Phi) is 4.57. The van der Waals surface area contributed by atoms with Crippen LogP contribution in [0.2, 0.25) is 5.28 Å². The van der Waals surface area contributed by atoms with E-state index in [0.29, 0.717) is 16.0 Å². The molecule has 0 aliphatic carbocycles. The zero-order valence-corrected chi connectivity index (χ0v) is 12.3. The first-order valence-corrected chi connectivity index (χ1v) is 6.45. The highest BCUT2D eigenvalue weighted by atomic mass is 79.9. The highest BCUT2D eigenvalue weighted by Gasteiger charge is 2.11. The summed E-state index contributed by atoms with van der Waals surface area (Å²) in [6.45, 7) is -0.0698. The van der Waals surface area contributed by atoms with E-state index in [2.05, 4.69) is 25.9 Å². The molecule has 2 aromatic rings. The van der Waals surface area contributed by atoms with Crippen LogP contribution in [0.4, 0.5) is 0 Å². The first-order valence-electron chi connectivity index (χ1n) is 5.27. The van der Waals surface area contributed by atoms with Gasteiger partial charge in [-0.3, -0.25) is 0 Å². The van der Waals surface area contributed by atoms with Crippen molar-refractivity contribution >= 4 is 27.5 Å². The lowest BCUT2D eigenvalue weighted by Gasteiger charge is -2.11. The Morgan fingerprint density at radius 1 is 1.37 bits per heavy atom. The van der Waals surface area contributed by atoms with E-state index >= 15 is 0 Å². The van der Waals surface area contributed by atoms with Crippen molar-refractivity contribution in [2.75, 3.05) is 7.11 Å². The number of halogens is 2. The summed E-state index contributed by atoms with van der Waals surface area (Å²) in [6, 6.07) is 5.10. The van der Waals surface area contributed by atoms with E-state index in [9.17, 15) is 0 Å². The molecule has 1 aromatic carbocycles. The van der Waals surface area contributed by atoms with E-state index in [1.807, 2.05) is 0 Å². The minimum atomic E-state index is -0.0698. The van der Waals surface area contributed by atoms with Crippen molar-refractivity contribution in [2.24, 2.45) is 0 Å². The standard InChI is InChI=1S/C12H10BrClN2O3/c1-18-10-4-7(6-17)2-3-9(10)19-11-8(13)5-15-12(14)16-11/h2-5,17H,6H2,1H3. The van der Waals surface area contributed by atoms with Crippen LogP contribution in [0.1, 0.15) is 5.56 Å². The fourth-order valence-electron chi connectivity index (χ4n) is 1.40. The Balaban J connectivity index is 2.35. The molecule has 7 heteroatoms. The zero-order valence-electron chi connectivity index (χ0n) is 9.93. The highest BCUT2D eigenvalue weighted by molar-refractivity contribution is 9.10. The molecule has 0 spiro atoms. The van der Waals surface area contributed by atoms with Gasteiger partial charge in [0.05, 0.1) is 18.2 Å². The van der Waals surface area contributed by atoms with Gasteiger partial charge in [0.15, 0.2) is 11.5 Å². The molecule has 0 amide bonds. The molecule has 1 heterocycles. The minimum Gasteiger partial charge on any atom is -0.493 e. The molecule has 5 nitrogen and oxygen atoms in total. The summed E-state index contributed by atoms with van der Waals surface area (Å²) in [7, 11) is 1.52. The molecule has 1 N–H and O–H groups in total. The zero-order chi connectivity index (χ0) is 13.8. The fourth-order valence-corrected chi connectivity index (χ4v) is 1.80. The van der Waals surface area contributed by atoms with Gasteiger partial charge in [0, 0.05) is 6.20 Å². The van der Waals surface area contributed by atoms with Gasteiger partial charge in [0.1, 0.15) is 0 Å². The van der Waals surface area contributed by atoms with Crippen LogP contribution in [0.25, 0.3) is 0 Å². The Morgan fingerprint density at radius 3 is 2.84 bits per heavy atom. The van der Waals surface area contributed by atoms with Gasteiger partial charge in [-0.1, -0.05) is 6.07 Å². The van der Waals surface area contributed by atoms with Gasteiger partial charge >= 0.3 is 0 Å². The summed E-state index contributed by atoms with van der Waals surface area (Å²) in [5.74, 6) is 1.25. The molecule has 2 rings (SSSR count). The van der Waals surface area contributed by atoms with Gasteiger partial charge in [-0.2, -0.15) is 4.98 Å². The molecule has 0 radical (unpaired) electrons. The first kappa shape index (κ1) is 14.0. The Labute approximate surface area is 123 Å². The predicted octanol–water partition coefficient (Wildman–Crippen LogP) is 3.19. The average Bonchev–Trinajstić information content (AvgIpc) is 2.43. The Morgan fingerprint density at radius 2 is 2.16 bits per heavy atom. The van der Waals surface area contributed by atoms with Crippen LogP contribution in [0.5, 0.6) is 17.4 Å². The average molecular weight is 346 g/mol. The summed E-state index contributed by atoms with van der Waals surface area (Å²) < 4.78 is 11.4. The van der Waals surface area contributed by atoms with Gasteiger partial charge in [-0.15, -0.1) is 0 Å². The summed E-state index contributed by atoms with van der Waals surface area (Å²) in [5.41, 5.74) is 0.726. The van der Waals surface area contributed by atoms with Crippen LogP contribution in [0.3, 0.4) is 0 Å². The molecule has 1 aromatic heterocycles. The third kappa shape index (κ3) is 3.34. The number of aromatic nitrogens is 2. The SMILES string of the molecule is COc1cc(CO)ccc1Oc1nc(Cl)ncc1Br. The summed E-state index contributed by atoms with van der Waals surface area (Å²) in [5, 5.41) is 9.16. The summed E-state index contributed by atoms with van der Waals surface area (Å²) >= 11 is 8.99. The van der Waals surface area contributed by atoms with Crippen LogP contribution in [0.15, 0.2) is 28.9 Å². The summed E-state index contributed by atoms with van der Waals surface area (Å²) in [4.78, 5) is 7.78. The number of hydrogen-bond donors (Lipinski definition) is 1. The monoisotopic (exact) mass is 344 g/mol. The number of rotatable bonds is 4. The molecule has 0 fully saturated rings. The largest absolute Gasteiger partial charge is 0.493 e. The number of aliphatic hydroxyl groups excluding tert-OH is 1. The molecule has 0 saturated heterocycles. The lowest BCUT2D eigenvalue weighted by molar-refractivity contribution is 0.280. The fraction of sp³-hybridized carbons (Fsp3) is 0.167. The van der Waals surface area contributed by atoms with E-state index in [1.165, 1.54) is 13.3 Å². The number of benzene rings is 1. The molecule has 0 bridgehead atoms. The van der Waals surface area contributed by atoms with Crippen molar-refractivity contribution in [1.82, 2.24) is 9.97 Å². The van der Waals surface area contributed by atoms with Crippen molar-refractivity contribution in [3.8, 4) is 17.4 Å². The van der Waals surface area contributed by atoms with E-state index in [-0.39, 0.29) is 17.8 Å². The van der Waals surface area contributed by atoms with E-state index in [4.69, 9.17) is 26.2 Å². The van der Waals surface area contributed by atoms with Crippen molar-refractivity contribution in [1.29, 1.82) is 0 Å². The van der Waals surface area contributed by atoms with E-state index in [0.717, 1.165) is 5.56 Å². The van der Waals surface area contributed by atoms with Gasteiger partial charge in [-0.25, -0.2) is 4.98 Å². The lowest BCUT2D eigenvalue weighted by Crippen LogP contribution is -1.95. The molecule has 0 atom stereocenters. The maximum Gasteiger partial charge on any atom is 0.238 e. The molecule has 0 saturated carbocycles. The van der Waals surface area contributed by atoms with Crippen LogP contribution >= 0.6 is 27.5 Å². The molecule has 19 heavy (non-hydrogen) atoms. The summed E-state index contributed by atoms with van der Waals surface area (Å²) in [6.07, 6.45) is 1.50. The quantitative estimate of drug-likeness (QED) is 0.862. The van der Waals surface area contributed by atoms with Gasteiger partial charge in [0.25, 0.3) is 0 Å². The van der Waals surface area contributed by atoms with Gasteiger partial charge in [0.2, 0.25) is 11.2 Å². The van der Waals surface area contributed by atoms with Crippen molar-refractivity contribution < 1.29 is 14.6 Å². The second-order valence-corrected chi connectivity index (χ2v) is 4.73. The third-order valence-corrected chi connectivity index (χ3v) is 3.03. The number of ether oxygens (including phenoxy) is 2. The normalized spacial score (nSPS) is 10.3. The highest BCUT2D eigenvalue weighted by Crippen LogP contribution is 2.34. The number of aliphatic hydroxyl groups is 1.